The molecule has 0 aliphatic heterocycles. The average molecular weight is 405 g/mol. The van der Waals surface area contributed by atoms with E-state index in [0.29, 0.717) is 12.4 Å². The first-order valence-electron chi connectivity index (χ1n) is 8.20. The lowest BCUT2D eigenvalue weighted by Gasteiger charge is -2.16. The molecule has 28 heavy (non-hydrogen) atoms. The van der Waals surface area contributed by atoms with E-state index >= 15 is 0 Å². The van der Waals surface area contributed by atoms with E-state index in [0.717, 1.165) is 34.1 Å². The van der Waals surface area contributed by atoms with E-state index in [2.05, 4.69) is 17.1 Å². The number of hydrogen-bond donors (Lipinski definition) is 1. The normalized spacial score (nSPS) is 11.5. The van der Waals surface area contributed by atoms with Gasteiger partial charge in [-0.05, 0) is 54.1 Å². The summed E-state index contributed by atoms with van der Waals surface area (Å²) < 4.78 is 43.9. The van der Waals surface area contributed by atoms with Gasteiger partial charge in [-0.3, -0.25) is 4.79 Å². The number of nitrogens with zero attached hydrogens (tertiary/aromatic N) is 2. The Morgan fingerprint density at radius 1 is 1.21 bits per heavy atom. The smallest absolute Gasteiger partial charge is 0.255 e. The number of hydrogen-bond acceptors (Lipinski definition) is 5. The van der Waals surface area contributed by atoms with Crippen LogP contribution >= 0.6 is 0 Å². The molecule has 1 amide bonds. The lowest BCUT2D eigenvalue weighted by molar-refractivity contribution is -0.121. The minimum atomic E-state index is -3.91. The fourth-order valence-electron chi connectivity index (χ4n) is 2.09. The Hall–Kier alpha value is -3.04. The van der Waals surface area contributed by atoms with Gasteiger partial charge in [-0.25, -0.2) is 18.2 Å². The Morgan fingerprint density at radius 3 is 2.46 bits per heavy atom. The van der Waals surface area contributed by atoms with Crippen LogP contribution in [0.3, 0.4) is 0 Å². The Morgan fingerprint density at radius 2 is 1.86 bits per heavy atom. The van der Waals surface area contributed by atoms with Gasteiger partial charge in [-0.1, -0.05) is 12.7 Å². The molecule has 2 rings (SSSR count). The first-order chi connectivity index (χ1) is 13.3. The lowest BCUT2D eigenvalue weighted by Crippen LogP contribution is -2.36. The van der Waals surface area contributed by atoms with Gasteiger partial charge in [-0.15, -0.1) is 0 Å². The van der Waals surface area contributed by atoms with Crippen molar-refractivity contribution in [3.8, 4) is 5.75 Å². The molecule has 0 radical (unpaired) electrons. The van der Waals surface area contributed by atoms with E-state index in [1.807, 2.05) is 0 Å². The predicted molar refractivity (Wildman–Crippen MR) is 104 cm³/mol. The maximum Gasteiger partial charge on any atom is 0.255 e. The maximum absolute atomic E-state index is 12.9. The minimum absolute atomic E-state index is 0.105. The average Bonchev–Trinajstić information content (AvgIpc) is 2.67. The summed E-state index contributed by atoms with van der Waals surface area (Å²) >= 11 is 0. The summed E-state index contributed by atoms with van der Waals surface area (Å²) in [4.78, 5) is 11.8. The monoisotopic (exact) mass is 405 g/mol. The van der Waals surface area contributed by atoms with Crippen molar-refractivity contribution >= 4 is 22.1 Å². The van der Waals surface area contributed by atoms with Gasteiger partial charge in [0, 0.05) is 7.05 Å². The van der Waals surface area contributed by atoms with Gasteiger partial charge in [0.15, 0.2) is 0 Å². The van der Waals surface area contributed by atoms with Gasteiger partial charge >= 0.3 is 0 Å². The summed E-state index contributed by atoms with van der Waals surface area (Å²) in [7, 11) is -2.65. The van der Waals surface area contributed by atoms with Crippen LogP contribution in [0.25, 0.3) is 0 Å². The molecular weight excluding hydrogens is 385 g/mol. The van der Waals surface area contributed by atoms with E-state index in [1.54, 1.807) is 30.3 Å². The quantitative estimate of drug-likeness (QED) is 0.393. The van der Waals surface area contributed by atoms with E-state index in [9.17, 15) is 17.6 Å². The van der Waals surface area contributed by atoms with Gasteiger partial charge in [0.25, 0.3) is 5.91 Å². The Labute approximate surface area is 163 Å². The first kappa shape index (κ1) is 21.3. The van der Waals surface area contributed by atoms with Crippen molar-refractivity contribution in [3.05, 3.63) is 72.6 Å². The number of rotatable bonds is 9. The molecule has 0 spiro atoms. The summed E-state index contributed by atoms with van der Waals surface area (Å²) in [5.74, 6) is -0.488. The van der Waals surface area contributed by atoms with Gasteiger partial charge in [0.1, 0.15) is 18.2 Å². The number of likely N-dealkylation sites (N-methyl/N-ethyl adjacent to an activating group) is 1. The first-order valence-corrected chi connectivity index (χ1v) is 9.64. The van der Waals surface area contributed by atoms with E-state index < -0.39 is 28.3 Å². The highest BCUT2D eigenvalue weighted by Gasteiger charge is 2.22. The number of amides is 1. The van der Waals surface area contributed by atoms with Gasteiger partial charge < -0.3 is 4.74 Å². The van der Waals surface area contributed by atoms with Gasteiger partial charge in [0.05, 0.1) is 17.7 Å². The summed E-state index contributed by atoms with van der Waals surface area (Å²) in [5.41, 5.74) is 2.98. The van der Waals surface area contributed by atoms with Crippen LogP contribution in [0.1, 0.15) is 5.56 Å². The Kier molecular flexibility index (Phi) is 7.42. The van der Waals surface area contributed by atoms with Crippen molar-refractivity contribution in [3.63, 3.8) is 0 Å². The van der Waals surface area contributed by atoms with Crippen LogP contribution in [0.5, 0.6) is 5.75 Å². The molecule has 0 aliphatic carbocycles. The standard InChI is InChI=1S/C19H20FN3O4S/c1-3-12-27-17-8-4-15(5-9-17)13-21-22-19(24)14-23(2)28(25,26)18-10-6-16(20)7-11-18/h3-11,13H,1,12,14H2,2H3,(H,22,24)/b21-13-. The van der Waals surface area contributed by atoms with Crippen LogP contribution in [-0.4, -0.2) is 45.0 Å². The third-order valence-electron chi connectivity index (χ3n) is 3.54. The molecule has 0 atom stereocenters. The van der Waals surface area contributed by atoms with Crippen molar-refractivity contribution in [1.82, 2.24) is 9.73 Å². The summed E-state index contributed by atoms with van der Waals surface area (Å²) in [6, 6.07) is 11.3. The van der Waals surface area contributed by atoms with Crippen LogP contribution < -0.4 is 10.2 Å². The lowest BCUT2D eigenvalue weighted by atomic mass is 10.2. The number of halogens is 1. The van der Waals surface area contributed by atoms with E-state index in [4.69, 9.17) is 4.74 Å². The third-order valence-corrected chi connectivity index (χ3v) is 5.36. The SMILES string of the molecule is C=CCOc1ccc(/C=N\NC(=O)CN(C)S(=O)(=O)c2ccc(F)cc2)cc1. The van der Waals surface area contributed by atoms with Crippen LogP contribution in [0.2, 0.25) is 0 Å². The molecule has 0 saturated carbocycles. The van der Waals surface area contributed by atoms with Crippen LogP contribution in [0.15, 0.2) is 71.2 Å². The number of hydrazone groups is 1. The maximum atomic E-state index is 12.9. The molecule has 148 valence electrons. The molecule has 0 unspecified atom stereocenters. The Balaban J connectivity index is 1.89. The number of ether oxygens (including phenoxy) is 1. The van der Waals surface area contributed by atoms with E-state index in [1.165, 1.54) is 13.3 Å². The van der Waals surface area contributed by atoms with E-state index in [-0.39, 0.29) is 4.90 Å². The molecule has 0 bridgehead atoms. The molecule has 7 nitrogen and oxygen atoms in total. The minimum Gasteiger partial charge on any atom is -0.490 e. The van der Waals surface area contributed by atoms with Crippen molar-refractivity contribution < 1.29 is 22.3 Å². The zero-order valence-electron chi connectivity index (χ0n) is 15.2. The third kappa shape index (κ3) is 6.00. The highest BCUT2D eigenvalue weighted by atomic mass is 32.2. The highest BCUT2D eigenvalue weighted by molar-refractivity contribution is 7.89. The largest absolute Gasteiger partial charge is 0.490 e. The molecule has 1 N–H and O–H groups in total. The van der Waals surface area contributed by atoms with Crippen molar-refractivity contribution in [2.24, 2.45) is 5.10 Å². The summed E-state index contributed by atoms with van der Waals surface area (Å²) in [6.45, 7) is 3.53. The molecule has 0 fully saturated rings. The summed E-state index contributed by atoms with van der Waals surface area (Å²) in [6.07, 6.45) is 3.06. The molecule has 2 aromatic carbocycles. The number of nitrogens with one attached hydrogen (secondary N) is 1. The Bertz CT molecular complexity index is 942. The fourth-order valence-corrected chi connectivity index (χ4v) is 3.22. The zero-order chi connectivity index (χ0) is 20.6. The highest BCUT2D eigenvalue weighted by Crippen LogP contribution is 2.14. The predicted octanol–water partition coefficient (Wildman–Crippen LogP) is 2.16. The molecular formula is C19H20FN3O4S. The molecule has 0 heterocycles. The topological polar surface area (TPSA) is 88.1 Å². The van der Waals surface area contributed by atoms with Crippen molar-refractivity contribution in [2.45, 2.75) is 4.90 Å². The second-order valence-corrected chi connectivity index (χ2v) is 7.72. The number of sulfonamides is 1. The van der Waals surface area contributed by atoms with Crippen molar-refractivity contribution in [1.29, 1.82) is 0 Å². The molecule has 0 aromatic heterocycles. The van der Waals surface area contributed by atoms with Crippen molar-refractivity contribution in [2.75, 3.05) is 20.2 Å². The fraction of sp³-hybridized carbons (Fsp3) is 0.158. The number of benzene rings is 2. The second-order valence-electron chi connectivity index (χ2n) is 5.68. The van der Waals surface area contributed by atoms with Gasteiger partial charge in [-0.2, -0.15) is 9.41 Å². The second kappa shape index (κ2) is 9.77. The zero-order valence-corrected chi connectivity index (χ0v) is 16.0. The molecule has 9 heteroatoms. The number of carbonyl (C=O) groups is 1. The molecule has 0 saturated heterocycles. The van der Waals surface area contributed by atoms with Crippen LogP contribution in [-0.2, 0) is 14.8 Å². The summed E-state index contributed by atoms with van der Waals surface area (Å²) in [5, 5.41) is 3.80. The van der Waals surface area contributed by atoms with Gasteiger partial charge in [0.2, 0.25) is 10.0 Å². The van der Waals surface area contributed by atoms with Crippen LogP contribution in [0.4, 0.5) is 4.39 Å². The molecule has 0 aliphatic rings. The number of carbonyl (C=O) groups excluding carboxylic acids is 1. The molecule has 2 aromatic rings. The van der Waals surface area contributed by atoms with Crippen LogP contribution in [0, 0.1) is 5.82 Å².